The molecule has 6 atom stereocenters. The first-order valence-corrected chi connectivity index (χ1v) is 6.05. The topological polar surface area (TPSA) is 191 Å². The molecule has 4 unspecified atom stereocenters. The third-order valence-electron chi connectivity index (χ3n) is 3.15. The third-order valence-corrected chi connectivity index (χ3v) is 3.15. The molecule has 6 N–H and O–H groups in total. The lowest BCUT2D eigenvalue weighted by molar-refractivity contribution is -0.336. The molecule has 22 heavy (non-hydrogen) atoms. The Morgan fingerprint density at radius 2 is 1.77 bits per heavy atom. The zero-order chi connectivity index (χ0) is 17.2. The first kappa shape index (κ1) is 18.3. The largest absolute Gasteiger partial charge is 0.481 e. The van der Waals surface area contributed by atoms with E-state index in [4.69, 9.17) is 24.8 Å². The summed E-state index contributed by atoms with van der Waals surface area (Å²) in [6.07, 6.45) is -10.9. The third kappa shape index (κ3) is 3.69. The molecule has 1 fully saturated rings. The van der Waals surface area contributed by atoms with Crippen molar-refractivity contribution in [1.29, 1.82) is 0 Å². The van der Waals surface area contributed by atoms with Crippen LogP contribution in [0.1, 0.15) is 13.3 Å². The van der Waals surface area contributed by atoms with Crippen molar-refractivity contribution < 1.29 is 54.5 Å². The molecule has 1 heterocycles. The zero-order valence-electron chi connectivity index (χ0n) is 11.3. The van der Waals surface area contributed by atoms with Crippen LogP contribution in [0.2, 0.25) is 0 Å². The predicted molar refractivity (Wildman–Crippen MR) is 63.7 cm³/mol. The van der Waals surface area contributed by atoms with Gasteiger partial charge in [-0.25, -0.2) is 9.59 Å². The minimum atomic E-state index is -2.36. The van der Waals surface area contributed by atoms with Crippen LogP contribution in [0.3, 0.4) is 0 Å². The molecule has 11 nitrogen and oxygen atoms in total. The number of hydrogen-bond donors (Lipinski definition) is 6. The Balaban J connectivity index is 3.00. The molecule has 0 saturated carbocycles. The van der Waals surface area contributed by atoms with Gasteiger partial charge in [-0.2, -0.15) is 0 Å². The quantitative estimate of drug-likeness (QED) is 0.296. The molecule has 0 amide bonds. The van der Waals surface area contributed by atoms with E-state index in [1.807, 2.05) is 0 Å². The summed E-state index contributed by atoms with van der Waals surface area (Å²) in [5, 5.41) is 55.7. The van der Waals surface area contributed by atoms with Crippen molar-refractivity contribution in [2.45, 2.75) is 49.7 Å². The number of carboxylic acids is 3. The van der Waals surface area contributed by atoms with Gasteiger partial charge in [0, 0.05) is 0 Å². The van der Waals surface area contributed by atoms with Crippen molar-refractivity contribution in [3.63, 3.8) is 0 Å². The van der Waals surface area contributed by atoms with Crippen LogP contribution < -0.4 is 0 Å². The molecule has 0 aromatic heterocycles. The lowest BCUT2D eigenvalue weighted by Gasteiger charge is -2.45. The molecule has 0 spiro atoms. The molecular formula is C11H16O11. The van der Waals surface area contributed by atoms with Gasteiger partial charge in [0.05, 0.1) is 6.42 Å². The molecule has 1 saturated heterocycles. The predicted octanol–water partition coefficient (Wildman–Crippen LogP) is -2.79. The molecule has 1 aliphatic rings. The Hall–Kier alpha value is -1.79. The standard InChI is InChI=1S/C11H16O11/c1-11(20)7(15)5(14)6(9(18)19)22-10(11)21-3(8(16)17)2-4(12)13/h3,5-7,10,14-15,20H,2H2,1H3,(H,12,13)(H,16,17)(H,18,19)/t3?,5-,6?,7?,10+,11?/m0/s1. The number of aliphatic carboxylic acids is 3. The smallest absolute Gasteiger partial charge is 0.335 e. The Labute approximate surface area is 123 Å². The average molecular weight is 324 g/mol. The Morgan fingerprint density at radius 3 is 2.18 bits per heavy atom. The zero-order valence-corrected chi connectivity index (χ0v) is 11.3. The van der Waals surface area contributed by atoms with E-state index >= 15 is 0 Å². The highest BCUT2D eigenvalue weighted by atomic mass is 16.7. The van der Waals surface area contributed by atoms with Gasteiger partial charge in [-0.15, -0.1) is 0 Å². The second-order valence-corrected chi connectivity index (χ2v) is 4.95. The Kier molecular flexibility index (Phi) is 5.43. The molecule has 1 aliphatic heterocycles. The molecule has 0 aromatic rings. The summed E-state index contributed by atoms with van der Waals surface area (Å²) in [4.78, 5) is 32.4. The molecule has 0 aliphatic carbocycles. The summed E-state index contributed by atoms with van der Waals surface area (Å²) in [5.41, 5.74) is -2.36. The van der Waals surface area contributed by atoms with E-state index in [0.29, 0.717) is 0 Å². The molecule has 0 aromatic carbocycles. The molecule has 0 bridgehead atoms. The monoisotopic (exact) mass is 324 g/mol. The molecule has 126 valence electrons. The van der Waals surface area contributed by atoms with Crippen LogP contribution in [0.25, 0.3) is 0 Å². The van der Waals surface area contributed by atoms with Gasteiger partial charge in [0.25, 0.3) is 0 Å². The summed E-state index contributed by atoms with van der Waals surface area (Å²) >= 11 is 0. The number of rotatable bonds is 6. The van der Waals surface area contributed by atoms with E-state index in [2.05, 4.69) is 0 Å². The van der Waals surface area contributed by atoms with Crippen LogP contribution in [0, 0.1) is 0 Å². The van der Waals surface area contributed by atoms with E-state index in [9.17, 15) is 29.7 Å². The van der Waals surface area contributed by atoms with Crippen molar-refractivity contribution in [3.8, 4) is 0 Å². The van der Waals surface area contributed by atoms with Gasteiger partial charge in [0.1, 0.15) is 17.8 Å². The lowest BCUT2D eigenvalue weighted by Crippen LogP contribution is -2.67. The number of carbonyl (C=O) groups is 3. The highest BCUT2D eigenvalue weighted by Gasteiger charge is 2.55. The Morgan fingerprint density at radius 1 is 1.23 bits per heavy atom. The van der Waals surface area contributed by atoms with E-state index in [1.165, 1.54) is 0 Å². The first-order valence-electron chi connectivity index (χ1n) is 6.05. The highest BCUT2D eigenvalue weighted by Crippen LogP contribution is 2.31. The van der Waals surface area contributed by atoms with E-state index in [1.54, 1.807) is 0 Å². The Bertz CT molecular complexity index is 459. The number of ether oxygens (including phenoxy) is 2. The fourth-order valence-corrected chi connectivity index (χ4v) is 1.88. The second-order valence-electron chi connectivity index (χ2n) is 4.95. The summed E-state index contributed by atoms with van der Waals surface area (Å²) in [6, 6.07) is 0. The number of aliphatic hydroxyl groups excluding tert-OH is 2. The van der Waals surface area contributed by atoms with Gasteiger partial charge in [0.2, 0.25) is 0 Å². The lowest BCUT2D eigenvalue weighted by atomic mass is 9.88. The normalized spacial score (nSPS) is 36.5. The fourth-order valence-electron chi connectivity index (χ4n) is 1.88. The van der Waals surface area contributed by atoms with Crippen LogP contribution in [-0.4, -0.2) is 84.9 Å². The minimum Gasteiger partial charge on any atom is -0.481 e. The highest BCUT2D eigenvalue weighted by molar-refractivity contribution is 5.79. The van der Waals surface area contributed by atoms with Crippen LogP contribution >= 0.6 is 0 Å². The van der Waals surface area contributed by atoms with Gasteiger partial charge < -0.3 is 40.1 Å². The minimum absolute atomic E-state index is 0.920. The van der Waals surface area contributed by atoms with Crippen LogP contribution in [0.15, 0.2) is 0 Å². The van der Waals surface area contributed by atoms with Crippen molar-refractivity contribution in [2.24, 2.45) is 0 Å². The van der Waals surface area contributed by atoms with Crippen LogP contribution in [-0.2, 0) is 23.9 Å². The van der Waals surface area contributed by atoms with Gasteiger partial charge in [0.15, 0.2) is 18.5 Å². The number of aliphatic hydroxyl groups is 3. The van der Waals surface area contributed by atoms with E-state index in [0.717, 1.165) is 6.92 Å². The summed E-state index contributed by atoms with van der Waals surface area (Å²) < 4.78 is 9.56. The fraction of sp³-hybridized carbons (Fsp3) is 0.727. The summed E-state index contributed by atoms with van der Waals surface area (Å²) in [6.45, 7) is 0.920. The van der Waals surface area contributed by atoms with Gasteiger partial charge in [-0.1, -0.05) is 0 Å². The maximum absolute atomic E-state index is 10.9. The summed E-state index contributed by atoms with van der Waals surface area (Å²) in [7, 11) is 0. The van der Waals surface area contributed by atoms with Crippen LogP contribution in [0.4, 0.5) is 0 Å². The second kappa shape index (κ2) is 6.54. The molecule has 11 heteroatoms. The SMILES string of the molecule is CC1(O)C(O)[C@@H](O)C(C(=O)O)O[C@H]1OC(CC(=O)O)C(=O)O. The molecular weight excluding hydrogens is 308 g/mol. The molecule has 1 rings (SSSR count). The number of carboxylic acid groups (broad SMARTS) is 3. The van der Waals surface area contributed by atoms with E-state index < -0.39 is 60.6 Å². The van der Waals surface area contributed by atoms with Crippen molar-refractivity contribution >= 4 is 17.9 Å². The number of hydrogen-bond acceptors (Lipinski definition) is 8. The van der Waals surface area contributed by atoms with Crippen molar-refractivity contribution in [1.82, 2.24) is 0 Å². The van der Waals surface area contributed by atoms with E-state index in [-0.39, 0.29) is 0 Å². The van der Waals surface area contributed by atoms with Crippen molar-refractivity contribution in [3.05, 3.63) is 0 Å². The van der Waals surface area contributed by atoms with Gasteiger partial charge in [-0.05, 0) is 6.92 Å². The molecule has 0 radical (unpaired) electrons. The van der Waals surface area contributed by atoms with Crippen LogP contribution in [0.5, 0.6) is 0 Å². The van der Waals surface area contributed by atoms with Gasteiger partial charge >= 0.3 is 17.9 Å². The maximum Gasteiger partial charge on any atom is 0.335 e. The maximum atomic E-state index is 10.9. The average Bonchev–Trinajstić information content (AvgIpc) is 2.37. The first-order chi connectivity index (χ1) is 9.98. The van der Waals surface area contributed by atoms with Gasteiger partial charge in [-0.3, -0.25) is 4.79 Å². The van der Waals surface area contributed by atoms with Crippen molar-refractivity contribution in [2.75, 3.05) is 0 Å². The summed E-state index contributed by atoms with van der Waals surface area (Å²) in [5.74, 6) is -4.88.